The molecule has 0 saturated heterocycles. The molecule has 1 aromatic carbocycles. The number of ether oxygens (including phenoxy) is 2. The minimum Gasteiger partial charge on any atom is -0.486 e. The number of carbonyl (C=O) groups excluding carboxylic acids is 1. The molecule has 1 aliphatic rings. The lowest BCUT2D eigenvalue weighted by molar-refractivity contribution is 0.0849. The number of nitrogens with zero attached hydrogens (tertiary/aromatic N) is 1. The van der Waals surface area contributed by atoms with Gasteiger partial charge in [0.05, 0.1) is 0 Å². The van der Waals surface area contributed by atoms with Gasteiger partial charge in [-0.2, -0.15) is 0 Å². The number of carbonyl (C=O) groups is 1. The van der Waals surface area contributed by atoms with Crippen LogP contribution < -0.4 is 14.8 Å². The highest BCUT2D eigenvalue weighted by molar-refractivity contribution is 5.93. The molecule has 114 valence electrons. The topological polar surface area (TPSA) is 60.5 Å². The van der Waals surface area contributed by atoms with E-state index in [1.165, 1.54) is 0 Å². The van der Waals surface area contributed by atoms with Gasteiger partial charge in [-0.15, -0.1) is 0 Å². The van der Waals surface area contributed by atoms with Crippen LogP contribution in [0.3, 0.4) is 0 Å². The molecule has 22 heavy (non-hydrogen) atoms. The van der Waals surface area contributed by atoms with Gasteiger partial charge in [0.15, 0.2) is 11.5 Å². The number of pyridine rings is 1. The molecule has 1 N–H and O–H groups in total. The normalized spacial score (nSPS) is 16.1. The molecule has 0 radical (unpaired) electrons. The molecule has 0 bridgehead atoms. The van der Waals surface area contributed by atoms with Gasteiger partial charge in [-0.1, -0.05) is 12.1 Å². The lowest BCUT2D eigenvalue weighted by Gasteiger charge is -2.26. The molecular formula is C17H18N2O3. The van der Waals surface area contributed by atoms with E-state index in [0.717, 1.165) is 30.0 Å². The Kier molecular flexibility index (Phi) is 4.23. The summed E-state index contributed by atoms with van der Waals surface area (Å²) in [5, 5.41) is 2.61. The van der Waals surface area contributed by atoms with Crippen LogP contribution in [-0.4, -0.2) is 30.6 Å². The number of benzene rings is 1. The van der Waals surface area contributed by atoms with Crippen LogP contribution >= 0.6 is 0 Å². The van der Waals surface area contributed by atoms with Gasteiger partial charge in [0.2, 0.25) is 0 Å². The van der Waals surface area contributed by atoms with Crippen molar-refractivity contribution in [2.45, 2.75) is 18.9 Å². The SMILES string of the molecule is CNC(=O)c1ccnc(CC[C@H]2COc3ccccc3O2)c1. The third-order valence-corrected chi connectivity index (χ3v) is 3.60. The van der Waals surface area contributed by atoms with Crippen molar-refractivity contribution in [3.8, 4) is 11.5 Å². The number of nitrogens with one attached hydrogen (secondary N) is 1. The number of fused-ring (bicyclic) bond motifs is 1. The first kappa shape index (κ1) is 14.4. The molecule has 3 rings (SSSR count). The zero-order chi connectivity index (χ0) is 15.4. The van der Waals surface area contributed by atoms with Crippen LogP contribution in [0.15, 0.2) is 42.6 Å². The summed E-state index contributed by atoms with van der Waals surface area (Å²) in [5.41, 5.74) is 1.50. The van der Waals surface area contributed by atoms with Gasteiger partial charge in [0.25, 0.3) is 5.91 Å². The van der Waals surface area contributed by atoms with Gasteiger partial charge >= 0.3 is 0 Å². The van der Waals surface area contributed by atoms with E-state index in [-0.39, 0.29) is 12.0 Å². The first-order chi connectivity index (χ1) is 10.8. The Balaban J connectivity index is 1.61. The van der Waals surface area contributed by atoms with E-state index in [1.807, 2.05) is 30.3 Å². The lowest BCUT2D eigenvalue weighted by Crippen LogP contribution is -2.29. The number of aryl methyl sites for hydroxylation is 1. The van der Waals surface area contributed by atoms with Crippen molar-refractivity contribution in [1.82, 2.24) is 10.3 Å². The number of aromatic nitrogens is 1. The van der Waals surface area contributed by atoms with Crippen molar-refractivity contribution in [2.24, 2.45) is 0 Å². The molecule has 0 spiro atoms. The van der Waals surface area contributed by atoms with E-state index >= 15 is 0 Å². The van der Waals surface area contributed by atoms with E-state index in [2.05, 4.69) is 10.3 Å². The molecule has 1 aromatic heterocycles. The maximum atomic E-state index is 11.6. The third kappa shape index (κ3) is 3.19. The molecule has 0 unspecified atom stereocenters. The Morgan fingerprint density at radius 1 is 1.32 bits per heavy atom. The van der Waals surface area contributed by atoms with Crippen LogP contribution in [0.1, 0.15) is 22.5 Å². The van der Waals surface area contributed by atoms with Crippen LogP contribution in [0.2, 0.25) is 0 Å². The van der Waals surface area contributed by atoms with Crippen LogP contribution in [0, 0.1) is 0 Å². The third-order valence-electron chi connectivity index (χ3n) is 3.60. The van der Waals surface area contributed by atoms with Crippen molar-refractivity contribution < 1.29 is 14.3 Å². The van der Waals surface area contributed by atoms with Crippen LogP contribution in [-0.2, 0) is 6.42 Å². The van der Waals surface area contributed by atoms with Gasteiger partial charge in [-0.3, -0.25) is 9.78 Å². The van der Waals surface area contributed by atoms with Crippen LogP contribution in [0.25, 0.3) is 0 Å². The summed E-state index contributed by atoms with van der Waals surface area (Å²) in [6.07, 6.45) is 3.19. The number of rotatable bonds is 4. The quantitative estimate of drug-likeness (QED) is 0.940. The minimum absolute atomic E-state index is 0.000331. The summed E-state index contributed by atoms with van der Waals surface area (Å²) in [6.45, 7) is 0.534. The Hall–Kier alpha value is -2.56. The summed E-state index contributed by atoms with van der Waals surface area (Å²) in [6, 6.07) is 11.2. The first-order valence-corrected chi connectivity index (χ1v) is 7.32. The van der Waals surface area contributed by atoms with Gasteiger partial charge in [0, 0.05) is 24.5 Å². The average molecular weight is 298 g/mol. The standard InChI is InChI=1S/C17H18N2O3/c1-18-17(20)12-8-9-19-13(10-12)6-7-14-11-21-15-4-2-3-5-16(15)22-14/h2-5,8-10,14H,6-7,11H2,1H3,(H,18,20)/t14-/m0/s1. The van der Waals surface area contributed by atoms with E-state index in [4.69, 9.17) is 9.47 Å². The molecule has 5 nitrogen and oxygen atoms in total. The molecule has 2 aromatic rings. The second-order valence-corrected chi connectivity index (χ2v) is 5.15. The molecule has 0 saturated carbocycles. The molecule has 1 aliphatic heterocycles. The van der Waals surface area contributed by atoms with Crippen molar-refractivity contribution in [1.29, 1.82) is 0 Å². The highest BCUT2D eigenvalue weighted by Gasteiger charge is 2.20. The van der Waals surface area contributed by atoms with Crippen LogP contribution in [0.5, 0.6) is 11.5 Å². The number of hydrogen-bond donors (Lipinski definition) is 1. The second-order valence-electron chi connectivity index (χ2n) is 5.15. The molecule has 1 amide bonds. The summed E-state index contributed by atoms with van der Waals surface area (Å²) in [7, 11) is 1.62. The van der Waals surface area contributed by atoms with Crippen molar-refractivity contribution in [3.63, 3.8) is 0 Å². The fraction of sp³-hybridized carbons (Fsp3) is 0.294. The summed E-state index contributed by atoms with van der Waals surface area (Å²) < 4.78 is 11.6. The summed E-state index contributed by atoms with van der Waals surface area (Å²) in [5.74, 6) is 1.47. The first-order valence-electron chi connectivity index (χ1n) is 7.32. The monoisotopic (exact) mass is 298 g/mol. The number of amides is 1. The van der Waals surface area contributed by atoms with E-state index in [1.54, 1.807) is 19.3 Å². The van der Waals surface area contributed by atoms with E-state index in [9.17, 15) is 4.79 Å². The van der Waals surface area contributed by atoms with E-state index < -0.39 is 0 Å². The average Bonchev–Trinajstić information content (AvgIpc) is 2.59. The second kappa shape index (κ2) is 6.47. The lowest BCUT2D eigenvalue weighted by atomic mass is 10.1. The highest BCUT2D eigenvalue weighted by atomic mass is 16.6. The molecule has 0 fully saturated rings. The molecular weight excluding hydrogens is 280 g/mol. The summed E-state index contributed by atoms with van der Waals surface area (Å²) in [4.78, 5) is 15.9. The minimum atomic E-state index is -0.102. The molecule has 2 heterocycles. The Morgan fingerprint density at radius 2 is 2.14 bits per heavy atom. The molecule has 1 atom stereocenters. The van der Waals surface area contributed by atoms with Gasteiger partial charge in [0.1, 0.15) is 12.7 Å². The molecule has 5 heteroatoms. The van der Waals surface area contributed by atoms with Gasteiger partial charge < -0.3 is 14.8 Å². The number of para-hydroxylation sites is 2. The fourth-order valence-electron chi connectivity index (χ4n) is 2.41. The van der Waals surface area contributed by atoms with Gasteiger partial charge in [-0.05, 0) is 37.1 Å². The fourth-order valence-corrected chi connectivity index (χ4v) is 2.41. The Bertz CT molecular complexity index is 672. The predicted octanol–water partition coefficient (Wildman–Crippen LogP) is 2.21. The number of hydrogen-bond acceptors (Lipinski definition) is 4. The Labute approximate surface area is 129 Å². The maximum Gasteiger partial charge on any atom is 0.251 e. The highest BCUT2D eigenvalue weighted by Crippen LogP contribution is 2.31. The molecule has 0 aliphatic carbocycles. The largest absolute Gasteiger partial charge is 0.486 e. The summed E-state index contributed by atoms with van der Waals surface area (Å²) >= 11 is 0. The van der Waals surface area contributed by atoms with Crippen molar-refractivity contribution in [2.75, 3.05) is 13.7 Å². The van der Waals surface area contributed by atoms with Crippen LogP contribution in [0.4, 0.5) is 0 Å². The predicted molar refractivity (Wildman–Crippen MR) is 82.3 cm³/mol. The Morgan fingerprint density at radius 3 is 2.95 bits per heavy atom. The van der Waals surface area contributed by atoms with Crippen molar-refractivity contribution in [3.05, 3.63) is 53.9 Å². The zero-order valence-electron chi connectivity index (χ0n) is 12.4. The maximum absolute atomic E-state index is 11.6. The van der Waals surface area contributed by atoms with Gasteiger partial charge in [-0.25, -0.2) is 0 Å². The zero-order valence-corrected chi connectivity index (χ0v) is 12.4. The van der Waals surface area contributed by atoms with Crippen molar-refractivity contribution >= 4 is 5.91 Å². The smallest absolute Gasteiger partial charge is 0.251 e. The van der Waals surface area contributed by atoms with E-state index in [0.29, 0.717) is 12.2 Å².